The molecule has 72 heavy (non-hydrogen) atoms. The van der Waals surface area contributed by atoms with Gasteiger partial charge in [0, 0.05) is 19.4 Å². The van der Waals surface area contributed by atoms with Crippen LogP contribution in [0.4, 0.5) is 0 Å². The van der Waals surface area contributed by atoms with Gasteiger partial charge in [-0.05, 0) is 51.4 Å². The standard InChI is InChI=1S/C67H126O5/c1-4-7-10-13-16-19-22-25-28-31-34-36-39-42-45-48-51-54-57-60-66(68)71-64-65(63-70-62-59-56-53-50-47-44-41-38-33-30-27-24-21-18-15-12-9-6-3)72-67(69)61-58-55-52-49-46-43-40-37-35-32-29-26-23-20-17-14-11-8-5-2/h9,12,18,21,27,30,65H,4-8,10-11,13-17,19-20,22-26,28-29,31-64H2,1-3H3/b12-9-,21-18-,30-27-. The smallest absolute Gasteiger partial charge is 0.306 e. The Morgan fingerprint density at radius 1 is 0.319 bits per heavy atom. The van der Waals surface area contributed by atoms with Crippen LogP contribution in [0.1, 0.15) is 355 Å². The summed E-state index contributed by atoms with van der Waals surface area (Å²) >= 11 is 0. The lowest BCUT2D eigenvalue weighted by atomic mass is 10.0. The third-order valence-electron chi connectivity index (χ3n) is 14.7. The van der Waals surface area contributed by atoms with E-state index in [0.717, 1.165) is 57.8 Å². The lowest BCUT2D eigenvalue weighted by Crippen LogP contribution is -2.30. The molecule has 0 aliphatic heterocycles. The fourth-order valence-corrected chi connectivity index (χ4v) is 9.88. The Morgan fingerprint density at radius 3 is 1.00 bits per heavy atom. The maximum atomic E-state index is 12.9. The number of carbonyl (C=O) groups excluding carboxylic acids is 2. The largest absolute Gasteiger partial charge is 0.462 e. The van der Waals surface area contributed by atoms with E-state index in [0.29, 0.717) is 26.1 Å². The second-order valence-electron chi connectivity index (χ2n) is 22.0. The summed E-state index contributed by atoms with van der Waals surface area (Å²) in [6, 6.07) is 0. The van der Waals surface area contributed by atoms with Gasteiger partial charge in [-0.3, -0.25) is 9.59 Å². The number of rotatable bonds is 61. The number of allylic oxidation sites excluding steroid dienone is 6. The molecule has 5 nitrogen and oxygen atoms in total. The molecule has 424 valence electrons. The summed E-state index contributed by atoms with van der Waals surface area (Å²) in [6.07, 6.45) is 79.0. The van der Waals surface area contributed by atoms with Crippen molar-refractivity contribution in [1.29, 1.82) is 0 Å². The average Bonchev–Trinajstić information content (AvgIpc) is 3.38. The van der Waals surface area contributed by atoms with Crippen LogP contribution in [-0.2, 0) is 23.8 Å². The molecule has 5 heteroatoms. The van der Waals surface area contributed by atoms with Crippen molar-refractivity contribution in [2.45, 2.75) is 361 Å². The zero-order valence-electron chi connectivity index (χ0n) is 49.0. The van der Waals surface area contributed by atoms with Crippen LogP contribution in [0.5, 0.6) is 0 Å². The van der Waals surface area contributed by atoms with Gasteiger partial charge in [-0.25, -0.2) is 0 Å². The predicted molar refractivity (Wildman–Crippen MR) is 316 cm³/mol. The van der Waals surface area contributed by atoms with Crippen molar-refractivity contribution in [2.75, 3.05) is 19.8 Å². The third-order valence-corrected chi connectivity index (χ3v) is 14.7. The van der Waals surface area contributed by atoms with Crippen molar-refractivity contribution < 1.29 is 23.8 Å². The summed E-state index contributed by atoms with van der Waals surface area (Å²) in [5.74, 6) is -0.373. The minimum Gasteiger partial charge on any atom is -0.462 e. The molecule has 0 heterocycles. The van der Waals surface area contributed by atoms with Crippen LogP contribution < -0.4 is 0 Å². The second kappa shape index (κ2) is 63.4. The molecular formula is C67H126O5. The Labute approximate surface area is 450 Å². The Kier molecular flexibility index (Phi) is 61.8. The molecule has 0 radical (unpaired) electrons. The minimum absolute atomic E-state index is 0.0900. The third kappa shape index (κ3) is 60.7. The van der Waals surface area contributed by atoms with Crippen LogP contribution in [0.25, 0.3) is 0 Å². The molecule has 0 saturated heterocycles. The van der Waals surface area contributed by atoms with Crippen molar-refractivity contribution in [2.24, 2.45) is 0 Å². The van der Waals surface area contributed by atoms with E-state index in [1.807, 2.05) is 0 Å². The lowest BCUT2D eigenvalue weighted by Gasteiger charge is -2.18. The fraction of sp³-hybridized carbons (Fsp3) is 0.881. The highest BCUT2D eigenvalue weighted by Gasteiger charge is 2.18. The molecular weight excluding hydrogens is 885 g/mol. The van der Waals surface area contributed by atoms with E-state index in [1.165, 1.54) is 263 Å². The fourth-order valence-electron chi connectivity index (χ4n) is 9.88. The molecule has 0 spiro atoms. The number of hydrogen-bond acceptors (Lipinski definition) is 5. The highest BCUT2D eigenvalue weighted by Crippen LogP contribution is 2.18. The van der Waals surface area contributed by atoms with Crippen molar-refractivity contribution >= 4 is 11.9 Å². The first-order valence-corrected chi connectivity index (χ1v) is 32.5. The zero-order chi connectivity index (χ0) is 52.0. The summed E-state index contributed by atoms with van der Waals surface area (Å²) in [5.41, 5.74) is 0. The van der Waals surface area contributed by atoms with Gasteiger partial charge in [0.05, 0.1) is 6.61 Å². The maximum absolute atomic E-state index is 12.9. The molecule has 0 bridgehead atoms. The first-order valence-electron chi connectivity index (χ1n) is 32.5. The molecule has 0 amide bonds. The van der Waals surface area contributed by atoms with Gasteiger partial charge in [-0.1, -0.05) is 327 Å². The molecule has 0 aromatic heterocycles. The molecule has 0 aliphatic rings. The maximum Gasteiger partial charge on any atom is 0.306 e. The highest BCUT2D eigenvalue weighted by molar-refractivity contribution is 5.70. The van der Waals surface area contributed by atoms with E-state index in [2.05, 4.69) is 57.2 Å². The van der Waals surface area contributed by atoms with E-state index in [9.17, 15) is 9.59 Å². The van der Waals surface area contributed by atoms with Crippen molar-refractivity contribution in [3.05, 3.63) is 36.5 Å². The second-order valence-corrected chi connectivity index (χ2v) is 22.0. The summed E-state index contributed by atoms with van der Waals surface area (Å²) < 4.78 is 17.6. The quantitative estimate of drug-likeness (QED) is 0.0345. The van der Waals surface area contributed by atoms with Gasteiger partial charge < -0.3 is 14.2 Å². The Balaban J connectivity index is 4.22. The molecule has 0 aromatic carbocycles. The van der Waals surface area contributed by atoms with Crippen LogP contribution in [0.3, 0.4) is 0 Å². The van der Waals surface area contributed by atoms with Gasteiger partial charge in [-0.2, -0.15) is 0 Å². The van der Waals surface area contributed by atoms with Crippen LogP contribution >= 0.6 is 0 Å². The number of carbonyl (C=O) groups is 2. The average molecular weight is 1010 g/mol. The van der Waals surface area contributed by atoms with E-state index in [1.54, 1.807) is 0 Å². The van der Waals surface area contributed by atoms with Gasteiger partial charge in [0.15, 0.2) is 6.10 Å². The molecule has 0 rings (SSSR count). The summed E-state index contributed by atoms with van der Waals surface area (Å²) in [6.45, 7) is 7.79. The number of esters is 2. The SMILES string of the molecule is CC/C=C\C/C=C\C/C=C\CCCCCCCCCCOCC(COC(=O)CCCCCCCCCCCCCCCCCCCCC)OC(=O)CCCCCCCCCCCCCCCCCCCCC. The number of unbranched alkanes of at least 4 members (excludes halogenated alkanes) is 44. The van der Waals surface area contributed by atoms with Gasteiger partial charge in [0.2, 0.25) is 0 Å². The van der Waals surface area contributed by atoms with Gasteiger partial charge in [0.25, 0.3) is 0 Å². The molecule has 0 saturated carbocycles. The van der Waals surface area contributed by atoms with E-state index in [-0.39, 0.29) is 18.5 Å². The Hall–Kier alpha value is -1.88. The molecule has 0 aromatic rings. The van der Waals surface area contributed by atoms with Crippen LogP contribution in [-0.4, -0.2) is 37.9 Å². The topological polar surface area (TPSA) is 61.8 Å². The van der Waals surface area contributed by atoms with E-state index in [4.69, 9.17) is 14.2 Å². The van der Waals surface area contributed by atoms with E-state index >= 15 is 0 Å². The number of hydrogen-bond donors (Lipinski definition) is 0. The molecule has 1 atom stereocenters. The zero-order valence-corrected chi connectivity index (χ0v) is 49.0. The summed E-state index contributed by atoms with van der Waals surface area (Å²) in [4.78, 5) is 25.6. The van der Waals surface area contributed by atoms with Crippen LogP contribution in [0.2, 0.25) is 0 Å². The summed E-state index contributed by atoms with van der Waals surface area (Å²) in [5, 5.41) is 0. The highest BCUT2D eigenvalue weighted by atomic mass is 16.6. The summed E-state index contributed by atoms with van der Waals surface area (Å²) in [7, 11) is 0. The number of ether oxygens (including phenoxy) is 3. The first-order chi connectivity index (χ1) is 35.6. The molecule has 0 N–H and O–H groups in total. The van der Waals surface area contributed by atoms with Gasteiger partial charge >= 0.3 is 11.9 Å². The Morgan fingerprint density at radius 2 is 0.625 bits per heavy atom. The van der Waals surface area contributed by atoms with Crippen molar-refractivity contribution in [1.82, 2.24) is 0 Å². The molecule has 1 unspecified atom stereocenters. The monoisotopic (exact) mass is 1010 g/mol. The Bertz CT molecular complexity index is 1140. The van der Waals surface area contributed by atoms with E-state index < -0.39 is 6.10 Å². The molecule has 0 fully saturated rings. The lowest BCUT2D eigenvalue weighted by molar-refractivity contribution is -0.163. The first kappa shape index (κ1) is 70.1. The van der Waals surface area contributed by atoms with Gasteiger partial charge in [0.1, 0.15) is 6.61 Å². The van der Waals surface area contributed by atoms with Crippen molar-refractivity contribution in [3.63, 3.8) is 0 Å². The van der Waals surface area contributed by atoms with Gasteiger partial charge in [-0.15, -0.1) is 0 Å². The normalized spacial score (nSPS) is 12.3. The minimum atomic E-state index is -0.536. The van der Waals surface area contributed by atoms with Crippen molar-refractivity contribution in [3.8, 4) is 0 Å². The molecule has 0 aliphatic carbocycles. The predicted octanol–water partition coefficient (Wildman–Crippen LogP) is 22.5. The van der Waals surface area contributed by atoms with Crippen LogP contribution in [0.15, 0.2) is 36.5 Å². The van der Waals surface area contributed by atoms with Crippen LogP contribution in [0, 0.1) is 0 Å².